The molecule has 98 valence electrons. The van der Waals surface area contributed by atoms with Crippen molar-refractivity contribution in [3.63, 3.8) is 0 Å². The number of ether oxygens (including phenoxy) is 1. The van der Waals surface area contributed by atoms with Gasteiger partial charge in [-0.3, -0.25) is 4.79 Å². The molecule has 0 radical (unpaired) electrons. The molecule has 0 unspecified atom stereocenters. The maximum absolute atomic E-state index is 11.2. The first-order valence-corrected chi connectivity index (χ1v) is 6.55. The molecule has 0 saturated carbocycles. The van der Waals surface area contributed by atoms with Gasteiger partial charge >= 0.3 is 0 Å². The zero-order chi connectivity index (χ0) is 13.1. The van der Waals surface area contributed by atoms with Crippen molar-refractivity contribution < 1.29 is 9.53 Å². The van der Waals surface area contributed by atoms with Crippen LogP contribution < -0.4 is 4.74 Å². The Bertz CT molecular complexity index is 434. The van der Waals surface area contributed by atoms with E-state index in [0.29, 0.717) is 0 Å². The van der Waals surface area contributed by atoms with E-state index in [9.17, 15) is 4.79 Å². The highest BCUT2D eigenvalue weighted by molar-refractivity contribution is 5.73. The summed E-state index contributed by atoms with van der Waals surface area (Å²) in [6, 6.07) is 6.21. The molecule has 0 spiro atoms. The van der Waals surface area contributed by atoms with E-state index in [0.717, 1.165) is 31.7 Å². The molecule has 1 aromatic carbocycles. The van der Waals surface area contributed by atoms with Crippen LogP contribution >= 0.6 is 0 Å². The van der Waals surface area contributed by atoms with Gasteiger partial charge in [-0.25, -0.2) is 0 Å². The minimum atomic E-state index is 0.166. The molecule has 3 heteroatoms. The van der Waals surface area contributed by atoms with E-state index in [1.807, 2.05) is 11.0 Å². The number of rotatable bonds is 2. The lowest BCUT2D eigenvalue weighted by atomic mass is 10.1. The lowest BCUT2D eigenvalue weighted by molar-refractivity contribution is -0.130. The summed E-state index contributed by atoms with van der Waals surface area (Å²) in [6.45, 7) is 7.45. The summed E-state index contributed by atoms with van der Waals surface area (Å²) >= 11 is 0. The van der Waals surface area contributed by atoms with E-state index < -0.39 is 0 Å². The van der Waals surface area contributed by atoms with Gasteiger partial charge in [-0.2, -0.15) is 0 Å². The summed E-state index contributed by atoms with van der Waals surface area (Å²) in [5.41, 5.74) is 2.54. The number of carbonyl (C=O) groups is 1. The largest absolute Gasteiger partial charge is 0.490 e. The molecule has 0 N–H and O–H groups in total. The van der Waals surface area contributed by atoms with Gasteiger partial charge in [0.15, 0.2) is 0 Å². The van der Waals surface area contributed by atoms with E-state index in [2.05, 4.69) is 26.0 Å². The Hall–Kier alpha value is -1.51. The third-order valence-electron chi connectivity index (χ3n) is 3.67. The van der Waals surface area contributed by atoms with Crippen LogP contribution in [-0.4, -0.2) is 30.0 Å². The van der Waals surface area contributed by atoms with Gasteiger partial charge in [-0.15, -0.1) is 0 Å². The van der Waals surface area contributed by atoms with E-state index in [-0.39, 0.29) is 12.0 Å². The van der Waals surface area contributed by atoms with Crippen molar-refractivity contribution >= 4 is 5.91 Å². The summed E-state index contributed by atoms with van der Waals surface area (Å²) in [5.74, 6) is 1.11. The number of piperidine rings is 1. The lowest BCUT2D eigenvalue weighted by Gasteiger charge is -2.31. The number of amides is 1. The van der Waals surface area contributed by atoms with Crippen LogP contribution in [0.15, 0.2) is 18.2 Å². The lowest BCUT2D eigenvalue weighted by Crippen LogP contribution is -2.40. The van der Waals surface area contributed by atoms with Gasteiger partial charge in [0, 0.05) is 32.9 Å². The Morgan fingerprint density at radius 1 is 1.22 bits per heavy atom. The maximum Gasteiger partial charge on any atom is 0.219 e. The van der Waals surface area contributed by atoms with Gasteiger partial charge in [0.05, 0.1) is 0 Å². The average Bonchev–Trinajstić information content (AvgIpc) is 2.34. The van der Waals surface area contributed by atoms with Crippen LogP contribution in [0.3, 0.4) is 0 Å². The molecule has 18 heavy (non-hydrogen) atoms. The first-order chi connectivity index (χ1) is 8.56. The molecular weight excluding hydrogens is 226 g/mol. The summed E-state index contributed by atoms with van der Waals surface area (Å²) in [7, 11) is 0. The van der Waals surface area contributed by atoms with E-state index in [1.165, 1.54) is 11.1 Å². The molecule has 1 aliphatic heterocycles. The summed E-state index contributed by atoms with van der Waals surface area (Å²) in [4.78, 5) is 13.1. The van der Waals surface area contributed by atoms with Crippen LogP contribution in [-0.2, 0) is 4.79 Å². The predicted molar refractivity (Wildman–Crippen MR) is 71.8 cm³/mol. The van der Waals surface area contributed by atoms with E-state index in [1.54, 1.807) is 6.92 Å². The number of benzene rings is 1. The molecule has 3 nitrogen and oxygen atoms in total. The minimum absolute atomic E-state index is 0.166. The highest BCUT2D eigenvalue weighted by atomic mass is 16.5. The third-order valence-corrected chi connectivity index (χ3v) is 3.67. The van der Waals surface area contributed by atoms with Crippen molar-refractivity contribution in [2.24, 2.45) is 0 Å². The smallest absolute Gasteiger partial charge is 0.219 e. The predicted octanol–water partition coefficient (Wildman–Crippen LogP) is 2.69. The minimum Gasteiger partial charge on any atom is -0.490 e. The van der Waals surface area contributed by atoms with Gasteiger partial charge in [0.1, 0.15) is 11.9 Å². The monoisotopic (exact) mass is 247 g/mol. The fourth-order valence-corrected chi connectivity index (χ4v) is 2.27. The van der Waals surface area contributed by atoms with Crippen molar-refractivity contribution in [3.05, 3.63) is 29.3 Å². The Kier molecular flexibility index (Phi) is 3.90. The molecular formula is C15H21NO2. The highest BCUT2D eigenvalue weighted by Crippen LogP contribution is 2.21. The normalized spacial score (nSPS) is 16.7. The topological polar surface area (TPSA) is 29.5 Å². The molecule has 0 atom stereocenters. The standard InChI is InChI=1S/C15H21NO2/c1-11-4-5-15(10-12(11)2)18-14-6-8-16(9-7-14)13(3)17/h4-5,10,14H,6-9H2,1-3H3. The molecule has 2 rings (SSSR count). The number of hydrogen-bond acceptors (Lipinski definition) is 2. The molecule has 0 bridgehead atoms. The summed E-state index contributed by atoms with van der Waals surface area (Å²) < 4.78 is 5.98. The molecule has 1 fully saturated rings. The SMILES string of the molecule is CC(=O)N1CCC(Oc2ccc(C)c(C)c2)CC1. The molecule has 1 heterocycles. The van der Waals surface area contributed by atoms with Crippen LogP contribution in [0.2, 0.25) is 0 Å². The zero-order valence-electron chi connectivity index (χ0n) is 11.4. The van der Waals surface area contributed by atoms with Crippen molar-refractivity contribution in [1.29, 1.82) is 0 Å². The molecule has 0 aliphatic carbocycles. The highest BCUT2D eigenvalue weighted by Gasteiger charge is 2.21. The second kappa shape index (κ2) is 5.42. The Morgan fingerprint density at radius 3 is 2.44 bits per heavy atom. The zero-order valence-corrected chi connectivity index (χ0v) is 11.4. The number of hydrogen-bond donors (Lipinski definition) is 0. The van der Waals surface area contributed by atoms with Crippen molar-refractivity contribution in [3.8, 4) is 5.75 Å². The Labute approximate surface area is 109 Å². The number of likely N-dealkylation sites (tertiary alicyclic amines) is 1. The fraction of sp³-hybridized carbons (Fsp3) is 0.533. The fourth-order valence-electron chi connectivity index (χ4n) is 2.27. The van der Waals surface area contributed by atoms with Crippen LogP contribution in [0, 0.1) is 13.8 Å². The third kappa shape index (κ3) is 3.03. The summed E-state index contributed by atoms with van der Waals surface area (Å²) in [5, 5.41) is 0. The van der Waals surface area contributed by atoms with Crippen LogP contribution in [0.1, 0.15) is 30.9 Å². The van der Waals surface area contributed by atoms with Crippen molar-refractivity contribution in [1.82, 2.24) is 4.90 Å². The maximum atomic E-state index is 11.2. The van der Waals surface area contributed by atoms with Gasteiger partial charge in [-0.05, 0) is 37.1 Å². The van der Waals surface area contributed by atoms with E-state index in [4.69, 9.17) is 4.74 Å². The van der Waals surface area contributed by atoms with Gasteiger partial charge in [0.2, 0.25) is 5.91 Å². The van der Waals surface area contributed by atoms with Crippen molar-refractivity contribution in [2.75, 3.05) is 13.1 Å². The quantitative estimate of drug-likeness (QED) is 0.804. The Balaban J connectivity index is 1.91. The molecule has 1 saturated heterocycles. The van der Waals surface area contributed by atoms with Gasteiger partial charge < -0.3 is 9.64 Å². The van der Waals surface area contributed by atoms with Gasteiger partial charge in [-0.1, -0.05) is 6.07 Å². The van der Waals surface area contributed by atoms with Crippen molar-refractivity contribution in [2.45, 2.75) is 39.7 Å². The Morgan fingerprint density at radius 2 is 1.89 bits per heavy atom. The number of aryl methyl sites for hydroxylation is 2. The molecule has 0 aromatic heterocycles. The van der Waals surface area contributed by atoms with Gasteiger partial charge in [0.25, 0.3) is 0 Å². The average molecular weight is 247 g/mol. The van der Waals surface area contributed by atoms with Crippen LogP contribution in [0.4, 0.5) is 0 Å². The number of carbonyl (C=O) groups excluding carboxylic acids is 1. The molecule has 1 aliphatic rings. The van der Waals surface area contributed by atoms with E-state index >= 15 is 0 Å². The number of nitrogens with zero attached hydrogens (tertiary/aromatic N) is 1. The first kappa shape index (κ1) is 12.9. The first-order valence-electron chi connectivity index (χ1n) is 6.55. The van der Waals surface area contributed by atoms with Crippen LogP contribution in [0.25, 0.3) is 0 Å². The van der Waals surface area contributed by atoms with Crippen LogP contribution in [0.5, 0.6) is 5.75 Å². The molecule has 1 aromatic rings. The summed E-state index contributed by atoms with van der Waals surface area (Å²) in [6.07, 6.45) is 2.08. The second-order valence-electron chi connectivity index (χ2n) is 5.07. The second-order valence-corrected chi connectivity index (χ2v) is 5.07. The molecule has 1 amide bonds.